The van der Waals surface area contributed by atoms with E-state index in [1.807, 2.05) is 30.5 Å². The summed E-state index contributed by atoms with van der Waals surface area (Å²) < 4.78 is 18.2. The summed E-state index contributed by atoms with van der Waals surface area (Å²) in [6, 6.07) is 10.4. The lowest BCUT2D eigenvalue weighted by Crippen LogP contribution is -2.10. The molecular weight excluding hydrogens is 315 g/mol. The number of carbonyl (C=O) groups excluding carboxylic acids is 1. The van der Waals surface area contributed by atoms with Gasteiger partial charge in [-0.1, -0.05) is 18.2 Å². The number of fused-ring (bicyclic) bond motifs is 1. The van der Waals surface area contributed by atoms with Gasteiger partial charge in [0.25, 0.3) is 0 Å². The lowest BCUT2D eigenvalue weighted by molar-refractivity contribution is -0.385. The van der Waals surface area contributed by atoms with E-state index in [-0.39, 0.29) is 12.2 Å². The Hall–Kier alpha value is -3.22. The van der Waals surface area contributed by atoms with Crippen molar-refractivity contribution in [2.45, 2.75) is 12.8 Å². The molecule has 0 fully saturated rings. The van der Waals surface area contributed by atoms with E-state index in [4.69, 9.17) is 4.74 Å². The van der Waals surface area contributed by atoms with E-state index < -0.39 is 22.4 Å². The number of para-hydroxylation sites is 1. The Labute approximate surface area is 136 Å². The Morgan fingerprint density at radius 3 is 2.83 bits per heavy atom. The van der Waals surface area contributed by atoms with Crippen molar-refractivity contribution in [2.24, 2.45) is 0 Å². The number of hydrogen-bond donors (Lipinski definition) is 1. The molecule has 0 bridgehead atoms. The zero-order valence-corrected chi connectivity index (χ0v) is 12.5. The van der Waals surface area contributed by atoms with Crippen molar-refractivity contribution in [1.29, 1.82) is 0 Å². The third-order valence-electron chi connectivity index (χ3n) is 3.62. The van der Waals surface area contributed by atoms with Crippen LogP contribution in [-0.4, -0.2) is 15.9 Å². The van der Waals surface area contributed by atoms with Gasteiger partial charge in [0.2, 0.25) is 5.75 Å². The second-order valence-electron chi connectivity index (χ2n) is 5.20. The Kier molecular flexibility index (Phi) is 4.24. The number of halogens is 1. The van der Waals surface area contributed by atoms with Crippen molar-refractivity contribution in [3.63, 3.8) is 0 Å². The number of benzene rings is 2. The minimum Gasteiger partial charge on any atom is -0.419 e. The molecule has 0 aliphatic rings. The number of carbonyl (C=O) groups is 1. The van der Waals surface area contributed by atoms with E-state index in [2.05, 4.69) is 4.98 Å². The highest BCUT2D eigenvalue weighted by Gasteiger charge is 2.19. The zero-order chi connectivity index (χ0) is 17.1. The molecule has 1 heterocycles. The van der Waals surface area contributed by atoms with Crippen LogP contribution in [0.1, 0.15) is 12.0 Å². The van der Waals surface area contributed by atoms with E-state index in [0.29, 0.717) is 6.42 Å². The minimum absolute atomic E-state index is 0.0233. The maximum Gasteiger partial charge on any atom is 0.311 e. The normalized spacial score (nSPS) is 10.7. The summed E-state index contributed by atoms with van der Waals surface area (Å²) in [6.45, 7) is 0. The van der Waals surface area contributed by atoms with E-state index in [1.165, 1.54) is 0 Å². The zero-order valence-electron chi connectivity index (χ0n) is 12.5. The standard InChI is InChI=1S/C17H13FN2O4/c18-12-6-7-15(20(22)23)16(9-12)24-17(21)8-5-11-10-19-14-4-2-1-3-13(11)14/h1-4,6-7,9-10,19H,5,8H2. The van der Waals surface area contributed by atoms with E-state index in [0.717, 1.165) is 34.7 Å². The fourth-order valence-electron chi connectivity index (χ4n) is 2.47. The van der Waals surface area contributed by atoms with Gasteiger partial charge in [0.15, 0.2) is 0 Å². The summed E-state index contributed by atoms with van der Waals surface area (Å²) in [6.07, 6.45) is 2.24. The van der Waals surface area contributed by atoms with Crippen molar-refractivity contribution in [1.82, 2.24) is 4.98 Å². The summed E-state index contributed by atoms with van der Waals surface area (Å²) in [5.41, 5.74) is 1.45. The van der Waals surface area contributed by atoms with Crippen LogP contribution >= 0.6 is 0 Å². The van der Waals surface area contributed by atoms with Gasteiger partial charge >= 0.3 is 11.7 Å². The number of H-pyrrole nitrogens is 1. The van der Waals surface area contributed by atoms with Gasteiger partial charge in [-0.25, -0.2) is 4.39 Å². The number of ether oxygens (including phenoxy) is 1. The fourth-order valence-corrected chi connectivity index (χ4v) is 2.47. The molecule has 24 heavy (non-hydrogen) atoms. The number of aromatic nitrogens is 1. The third kappa shape index (κ3) is 3.24. The summed E-state index contributed by atoms with van der Waals surface area (Å²) in [4.78, 5) is 25.2. The van der Waals surface area contributed by atoms with E-state index in [9.17, 15) is 19.3 Å². The van der Waals surface area contributed by atoms with Crippen molar-refractivity contribution >= 4 is 22.6 Å². The number of nitro groups is 1. The molecule has 0 atom stereocenters. The molecular formula is C17H13FN2O4. The molecule has 6 nitrogen and oxygen atoms in total. The molecule has 7 heteroatoms. The van der Waals surface area contributed by atoms with E-state index in [1.54, 1.807) is 0 Å². The van der Waals surface area contributed by atoms with Crippen molar-refractivity contribution < 1.29 is 18.8 Å². The monoisotopic (exact) mass is 328 g/mol. The molecule has 122 valence electrons. The second kappa shape index (κ2) is 6.49. The highest BCUT2D eigenvalue weighted by atomic mass is 19.1. The van der Waals surface area contributed by atoms with Gasteiger partial charge in [-0.15, -0.1) is 0 Å². The van der Waals surface area contributed by atoms with Crippen molar-refractivity contribution in [3.05, 3.63) is 70.2 Å². The number of hydrogen-bond acceptors (Lipinski definition) is 4. The molecule has 2 aromatic carbocycles. The van der Waals surface area contributed by atoms with Crippen LogP contribution in [-0.2, 0) is 11.2 Å². The summed E-state index contributed by atoms with van der Waals surface area (Å²) in [7, 11) is 0. The topological polar surface area (TPSA) is 85.2 Å². The molecule has 0 unspecified atom stereocenters. The Morgan fingerprint density at radius 2 is 2.04 bits per heavy atom. The van der Waals surface area contributed by atoms with Crippen LogP contribution in [0.25, 0.3) is 10.9 Å². The predicted octanol–water partition coefficient (Wildman–Crippen LogP) is 3.75. The largest absolute Gasteiger partial charge is 0.419 e. The quantitative estimate of drug-likeness (QED) is 0.334. The van der Waals surface area contributed by atoms with Crippen molar-refractivity contribution in [3.8, 4) is 5.75 Å². The molecule has 0 saturated carbocycles. The summed E-state index contributed by atoms with van der Waals surface area (Å²) in [5, 5.41) is 11.9. The van der Waals surface area contributed by atoms with Gasteiger partial charge in [-0.05, 0) is 24.1 Å². The number of nitro benzene ring substituents is 1. The molecule has 0 spiro atoms. The molecule has 3 aromatic rings. The number of aromatic amines is 1. The van der Waals surface area contributed by atoms with Gasteiger partial charge in [0.1, 0.15) is 5.82 Å². The smallest absolute Gasteiger partial charge is 0.311 e. The number of aryl methyl sites for hydroxylation is 1. The molecule has 3 rings (SSSR count). The van der Waals surface area contributed by atoms with Crippen LogP contribution in [0.2, 0.25) is 0 Å². The Bertz CT molecular complexity index is 920. The number of rotatable bonds is 5. The number of nitrogens with one attached hydrogen (secondary N) is 1. The third-order valence-corrected chi connectivity index (χ3v) is 3.62. The number of esters is 1. The summed E-state index contributed by atoms with van der Waals surface area (Å²) >= 11 is 0. The van der Waals surface area contributed by atoms with Crippen LogP contribution in [0.4, 0.5) is 10.1 Å². The average Bonchev–Trinajstić information content (AvgIpc) is 2.96. The van der Waals surface area contributed by atoms with Gasteiger partial charge < -0.3 is 9.72 Å². The van der Waals surface area contributed by atoms with Crippen LogP contribution < -0.4 is 4.74 Å². The van der Waals surface area contributed by atoms with Crippen LogP contribution in [0.15, 0.2) is 48.7 Å². The lowest BCUT2D eigenvalue weighted by atomic mass is 10.1. The Morgan fingerprint density at radius 1 is 1.25 bits per heavy atom. The second-order valence-corrected chi connectivity index (χ2v) is 5.20. The van der Waals surface area contributed by atoms with Gasteiger partial charge in [-0.3, -0.25) is 14.9 Å². The molecule has 0 aliphatic heterocycles. The first-order valence-electron chi connectivity index (χ1n) is 7.24. The van der Waals surface area contributed by atoms with Gasteiger partial charge in [0.05, 0.1) is 11.3 Å². The highest BCUT2D eigenvalue weighted by Crippen LogP contribution is 2.28. The van der Waals surface area contributed by atoms with Crippen molar-refractivity contribution in [2.75, 3.05) is 0 Å². The first-order chi connectivity index (χ1) is 11.5. The SMILES string of the molecule is O=C(CCc1c[nH]c2ccccc12)Oc1cc(F)ccc1[N+](=O)[O-]. The van der Waals surface area contributed by atoms with Crippen LogP contribution in [0.3, 0.4) is 0 Å². The van der Waals surface area contributed by atoms with Crippen LogP contribution in [0, 0.1) is 15.9 Å². The molecule has 0 radical (unpaired) electrons. The van der Waals surface area contributed by atoms with E-state index >= 15 is 0 Å². The maximum absolute atomic E-state index is 13.2. The van der Waals surface area contributed by atoms with Crippen LogP contribution in [0.5, 0.6) is 5.75 Å². The molecule has 1 aromatic heterocycles. The average molecular weight is 328 g/mol. The fraction of sp³-hybridized carbons (Fsp3) is 0.118. The summed E-state index contributed by atoms with van der Waals surface area (Å²) in [5.74, 6) is -1.75. The minimum atomic E-state index is -0.721. The molecule has 0 saturated heterocycles. The number of nitrogens with zero attached hydrogens (tertiary/aromatic N) is 1. The van der Waals surface area contributed by atoms with Gasteiger partial charge in [0, 0.05) is 29.2 Å². The molecule has 1 N–H and O–H groups in total. The Balaban J connectivity index is 1.70. The molecule has 0 amide bonds. The maximum atomic E-state index is 13.2. The highest BCUT2D eigenvalue weighted by molar-refractivity contribution is 5.83. The first kappa shape index (κ1) is 15.7. The molecule has 0 aliphatic carbocycles. The lowest BCUT2D eigenvalue weighted by Gasteiger charge is -2.05. The first-order valence-corrected chi connectivity index (χ1v) is 7.24. The predicted molar refractivity (Wildman–Crippen MR) is 85.3 cm³/mol. The van der Waals surface area contributed by atoms with Gasteiger partial charge in [-0.2, -0.15) is 0 Å².